The summed E-state index contributed by atoms with van der Waals surface area (Å²) in [7, 11) is 2.07. The van der Waals surface area contributed by atoms with Gasteiger partial charge in [0, 0.05) is 50.3 Å². The summed E-state index contributed by atoms with van der Waals surface area (Å²) in [4.78, 5) is 37.4. The van der Waals surface area contributed by atoms with E-state index >= 15 is 0 Å². The number of aliphatic hydroxyl groups excluding tert-OH is 1. The first-order chi connectivity index (χ1) is 18.3. The molecule has 0 radical (unpaired) electrons. The third kappa shape index (κ3) is 8.73. The second kappa shape index (κ2) is 12.4. The average molecular weight is 541 g/mol. The van der Waals surface area contributed by atoms with Gasteiger partial charge in [0.2, 0.25) is 6.41 Å². The van der Waals surface area contributed by atoms with Crippen molar-refractivity contribution in [2.45, 2.75) is 59.6 Å². The van der Waals surface area contributed by atoms with Crippen molar-refractivity contribution in [3.63, 3.8) is 0 Å². The van der Waals surface area contributed by atoms with Gasteiger partial charge in [-0.25, -0.2) is 4.79 Å². The highest BCUT2D eigenvalue weighted by Crippen LogP contribution is 2.43. The van der Waals surface area contributed by atoms with Crippen molar-refractivity contribution < 1.29 is 24.2 Å². The Hall–Kier alpha value is -3.04. The zero-order valence-electron chi connectivity index (χ0n) is 24.2. The summed E-state index contributed by atoms with van der Waals surface area (Å²) >= 11 is 0. The first kappa shape index (κ1) is 30.5. The van der Waals surface area contributed by atoms with Crippen LogP contribution in [0.15, 0.2) is 36.7 Å². The second-order valence-electron chi connectivity index (χ2n) is 12.9. The van der Waals surface area contributed by atoms with Gasteiger partial charge in [-0.1, -0.05) is 32.0 Å². The summed E-state index contributed by atoms with van der Waals surface area (Å²) in [6.07, 6.45) is 7.67. The Morgan fingerprint density at radius 2 is 1.79 bits per heavy atom. The molecule has 1 aromatic carbocycles. The van der Waals surface area contributed by atoms with Gasteiger partial charge in [-0.3, -0.25) is 14.3 Å². The molecule has 1 atom stereocenters. The number of esters is 1. The van der Waals surface area contributed by atoms with Gasteiger partial charge < -0.3 is 19.6 Å². The van der Waals surface area contributed by atoms with Crippen LogP contribution in [-0.4, -0.2) is 88.8 Å². The minimum absolute atomic E-state index is 0.199. The number of benzene rings is 1. The van der Waals surface area contributed by atoms with Crippen LogP contribution in [0.2, 0.25) is 0 Å². The molecule has 1 N–H and O–H groups in total. The van der Waals surface area contributed by atoms with Crippen LogP contribution < -0.4 is 0 Å². The zero-order valence-corrected chi connectivity index (χ0v) is 24.2. The predicted octanol–water partition coefficient (Wildman–Crippen LogP) is 3.50. The van der Waals surface area contributed by atoms with E-state index in [1.165, 1.54) is 19.0 Å². The third-order valence-corrected chi connectivity index (χ3v) is 7.40. The van der Waals surface area contributed by atoms with E-state index in [0.29, 0.717) is 23.6 Å². The lowest BCUT2D eigenvalue weighted by Crippen LogP contribution is -2.60. The van der Waals surface area contributed by atoms with Crippen LogP contribution in [0.1, 0.15) is 73.7 Å². The van der Waals surface area contributed by atoms with Crippen LogP contribution in [0.5, 0.6) is 0 Å². The van der Waals surface area contributed by atoms with Crippen LogP contribution in [0.3, 0.4) is 0 Å². The number of amides is 1. The molecule has 3 fully saturated rings. The van der Waals surface area contributed by atoms with Crippen molar-refractivity contribution in [3.05, 3.63) is 53.3 Å². The minimum Gasteiger partial charge on any atom is -0.456 e. The molecule has 1 saturated carbocycles. The number of carbonyl (C=O) groups is 3. The topological polar surface area (TPSA) is 105 Å². The molecule has 9 nitrogen and oxygen atoms in total. The SMILES string of the molecule is CC(C)(C)OC(=O)c1ccccc1Cn1cc(C=O)cn1.CC1(C)CC1.CN1CC(CO)C2(C1)CN(C=O)C2. The Morgan fingerprint density at radius 3 is 2.31 bits per heavy atom. The standard InChI is InChI=1S/C16H18N2O3.C9H16N2O2.C5H10/c1-16(2,3)21-15(20)14-7-5-4-6-13(14)10-18-9-12(11-19)8-17-18;1-10-2-8(3-12)9(4-10)5-11(6-9)7-13;1-5(2)3-4-5/h4-9,11H,10H2,1-3H3;7-8,12H,2-6H2,1H3;3-4H2,1-2H3. The molecule has 1 aliphatic carbocycles. The van der Waals surface area contributed by atoms with Gasteiger partial charge in [-0.15, -0.1) is 0 Å². The number of carbonyl (C=O) groups excluding carboxylic acids is 3. The molecule has 3 aliphatic rings. The van der Waals surface area contributed by atoms with Crippen molar-refractivity contribution in [2.24, 2.45) is 16.7 Å². The lowest BCUT2D eigenvalue weighted by Gasteiger charge is -2.49. The van der Waals surface area contributed by atoms with Crippen LogP contribution >= 0.6 is 0 Å². The molecule has 39 heavy (non-hydrogen) atoms. The number of aromatic nitrogens is 2. The van der Waals surface area contributed by atoms with Gasteiger partial charge in [0.05, 0.1) is 23.9 Å². The van der Waals surface area contributed by atoms with Gasteiger partial charge in [0.1, 0.15) is 5.60 Å². The summed E-state index contributed by atoms with van der Waals surface area (Å²) in [6, 6.07) is 7.23. The number of aliphatic hydroxyl groups is 1. The molecule has 5 rings (SSSR count). The van der Waals surface area contributed by atoms with Crippen LogP contribution in [0.25, 0.3) is 0 Å². The number of likely N-dealkylation sites (tertiary alicyclic amines) is 2. The molecule has 1 spiro atoms. The summed E-state index contributed by atoms with van der Waals surface area (Å²) in [6.45, 7) is 14.4. The second-order valence-corrected chi connectivity index (χ2v) is 12.9. The van der Waals surface area contributed by atoms with Crippen molar-refractivity contribution in [2.75, 3.05) is 39.8 Å². The van der Waals surface area contributed by atoms with Crippen molar-refractivity contribution in [3.8, 4) is 0 Å². The lowest BCUT2D eigenvalue weighted by molar-refractivity contribution is -0.131. The number of nitrogens with zero attached hydrogens (tertiary/aromatic N) is 4. The molecule has 1 unspecified atom stereocenters. The first-order valence-corrected chi connectivity index (χ1v) is 13.6. The zero-order chi connectivity index (χ0) is 28.8. The van der Waals surface area contributed by atoms with Crippen molar-refractivity contribution >= 4 is 18.7 Å². The molecule has 2 aliphatic heterocycles. The molecule has 0 bridgehead atoms. The van der Waals surface area contributed by atoms with Gasteiger partial charge in [-0.2, -0.15) is 5.10 Å². The Labute approximate surface area is 232 Å². The highest BCUT2D eigenvalue weighted by Gasteiger charge is 2.52. The first-order valence-electron chi connectivity index (χ1n) is 13.6. The quantitative estimate of drug-likeness (QED) is 0.442. The molecule has 214 valence electrons. The Bertz CT molecular complexity index is 1120. The number of rotatable bonds is 6. The molecule has 3 heterocycles. The number of hydrogen-bond donors (Lipinski definition) is 1. The predicted molar refractivity (Wildman–Crippen MR) is 149 cm³/mol. The Kier molecular flexibility index (Phi) is 9.72. The number of ether oxygens (including phenoxy) is 1. The largest absolute Gasteiger partial charge is 0.456 e. The van der Waals surface area contributed by atoms with Crippen LogP contribution in [-0.2, 0) is 16.1 Å². The van der Waals surface area contributed by atoms with Gasteiger partial charge in [0.25, 0.3) is 0 Å². The number of hydrogen-bond acceptors (Lipinski definition) is 7. The van der Waals surface area contributed by atoms with Gasteiger partial charge >= 0.3 is 5.97 Å². The van der Waals surface area contributed by atoms with Crippen LogP contribution in [0.4, 0.5) is 0 Å². The van der Waals surface area contributed by atoms with Gasteiger partial charge in [0.15, 0.2) is 6.29 Å². The van der Waals surface area contributed by atoms with E-state index in [1.54, 1.807) is 27.9 Å². The van der Waals surface area contributed by atoms with E-state index in [4.69, 9.17) is 4.74 Å². The molecular weight excluding hydrogens is 496 g/mol. The molecule has 9 heteroatoms. The van der Waals surface area contributed by atoms with E-state index in [9.17, 15) is 19.5 Å². The average Bonchev–Trinajstić information content (AvgIpc) is 3.22. The number of aldehydes is 1. The molecule has 2 saturated heterocycles. The van der Waals surface area contributed by atoms with E-state index in [0.717, 1.165) is 49.9 Å². The van der Waals surface area contributed by atoms with E-state index in [1.807, 2.05) is 32.9 Å². The fourth-order valence-electron chi connectivity index (χ4n) is 4.89. The Balaban J connectivity index is 0.000000196. The highest BCUT2D eigenvalue weighted by molar-refractivity contribution is 5.91. The maximum atomic E-state index is 12.2. The normalized spacial score (nSPS) is 20.6. The van der Waals surface area contributed by atoms with Crippen LogP contribution in [0, 0.1) is 16.7 Å². The monoisotopic (exact) mass is 540 g/mol. The maximum absolute atomic E-state index is 12.2. The fraction of sp³-hybridized carbons (Fsp3) is 0.600. The van der Waals surface area contributed by atoms with Crippen molar-refractivity contribution in [1.29, 1.82) is 0 Å². The summed E-state index contributed by atoms with van der Waals surface area (Å²) in [5.41, 5.74) is 2.22. The summed E-state index contributed by atoms with van der Waals surface area (Å²) < 4.78 is 7.02. The molecule has 2 aromatic rings. The minimum atomic E-state index is -0.541. The third-order valence-electron chi connectivity index (χ3n) is 7.40. The molecule has 1 aromatic heterocycles. The van der Waals surface area contributed by atoms with E-state index < -0.39 is 5.60 Å². The molecule has 1 amide bonds. The van der Waals surface area contributed by atoms with Gasteiger partial charge in [-0.05, 0) is 57.7 Å². The van der Waals surface area contributed by atoms with Crippen molar-refractivity contribution in [1.82, 2.24) is 19.6 Å². The van der Waals surface area contributed by atoms with E-state index in [-0.39, 0.29) is 18.0 Å². The smallest absolute Gasteiger partial charge is 0.338 e. The fourth-order valence-corrected chi connectivity index (χ4v) is 4.89. The maximum Gasteiger partial charge on any atom is 0.338 e. The van der Waals surface area contributed by atoms with E-state index in [2.05, 4.69) is 30.9 Å². The molecular formula is C30H44N4O5. The lowest BCUT2D eigenvalue weighted by atomic mass is 9.72. The Morgan fingerprint density at radius 1 is 1.15 bits per heavy atom. The summed E-state index contributed by atoms with van der Waals surface area (Å²) in [5, 5.41) is 13.3. The summed E-state index contributed by atoms with van der Waals surface area (Å²) in [5.74, 6) is -0.00503. The highest BCUT2D eigenvalue weighted by atomic mass is 16.6.